The summed E-state index contributed by atoms with van der Waals surface area (Å²) in [6.45, 7) is 5.58. The summed E-state index contributed by atoms with van der Waals surface area (Å²) >= 11 is 0. The van der Waals surface area contributed by atoms with Crippen molar-refractivity contribution in [3.05, 3.63) is 95.1 Å². The number of piperazine rings is 1. The van der Waals surface area contributed by atoms with E-state index in [0.717, 1.165) is 36.0 Å². The first kappa shape index (κ1) is 36.6. The number of halogens is 8. The second-order valence-corrected chi connectivity index (χ2v) is 11.0. The summed E-state index contributed by atoms with van der Waals surface area (Å²) < 4.78 is 86.6. The number of rotatable bonds is 7. The predicted molar refractivity (Wildman–Crippen MR) is 166 cm³/mol. The molecule has 45 heavy (non-hydrogen) atoms. The molecule has 0 aliphatic carbocycles. The number of alkyl halides is 6. The lowest BCUT2D eigenvalue weighted by molar-refractivity contribution is -0.143. The molecule has 3 aromatic rings. The van der Waals surface area contributed by atoms with Crippen LogP contribution in [0.4, 0.5) is 26.3 Å². The molecule has 3 aromatic carbocycles. The second kappa shape index (κ2) is 15.6. The molecule has 2 heterocycles. The molecule has 0 unspecified atom stereocenters. The van der Waals surface area contributed by atoms with Crippen molar-refractivity contribution < 1.29 is 35.9 Å². The van der Waals surface area contributed by atoms with E-state index in [9.17, 15) is 31.1 Å². The summed E-state index contributed by atoms with van der Waals surface area (Å²) in [5, 5.41) is 2.04. The molecule has 0 saturated carbocycles. The quantitative estimate of drug-likeness (QED) is 0.200. The van der Waals surface area contributed by atoms with Crippen LogP contribution in [0.3, 0.4) is 0 Å². The fourth-order valence-electron chi connectivity index (χ4n) is 5.64. The Kier molecular flexibility index (Phi) is 12.7. The molecule has 5 rings (SSSR count). The number of fused-ring (bicyclic) bond motifs is 1. The van der Waals surface area contributed by atoms with Crippen molar-refractivity contribution in [3.8, 4) is 0 Å². The molecule has 0 radical (unpaired) electrons. The van der Waals surface area contributed by atoms with Gasteiger partial charge in [0.2, 0.25) is 0 Å². The topological polar surface area (TPSA) is 36.0 Å². The Morgan fingerprint density at radius 1 is 0.756 bits per heavy atom. The van der Waals surface area contributed by atoms with Crippen molar-refractivity contribution in [1.82, 2.24) is 14.7 Å². The number of benzene rings is 3. The summed E-state index contributed by atoms with van der Waals surface area (Å²) in [6, 6.07) is 14.3. The maximum absolute atomic E-state index is 13.7. The summed E-state index contributed by atoms with van der Waals surface area (Å²) in [4.78, 5) is 19.5. The molecular weight excluding hydrogens is 643 g/mol. The highest BCUT2D eigenvalue weighted by Crippen LogP contribution is 2.37. The predicted octanol–water partition coefficient (Wildman–Crippen LogP) is 6.98. The zero-order valence-electron chi connectivity index (χ0n) is 24.3. The van der Waals surface area contributed by atoms with Crippen molar-refractivity contribution in [1.29, 1.82) is 0 Å². The Hall–Kier alpha value is -2.83. The lowest BCUT2D eigenvalue weighted by Crippen LogP contribution is -2.56. The average Bonchev–Trinajstić information content (AvgIpc) is 2.98. The Balaban J connectivity index is 0.00000276. The van der Waals surface area contributed by atoms with Crippen LogP contribution in [0.2, 0.25) is 0 Å². The molecule has 0 bridgehead atoms. The molecule has 1 atom stereocenters. The fourth-order valence-corrected chi connectivity index (χ4v) is 5.64. The van der Waals surface area contributed by atoms with E-state index in [2.05, 4.69) is 22.0 Å². The summed E-state index contributed by atoms with van der Waals surface area (Å²) in [6.07, 6.45) is -5.53. The smallest absolute Gasteiger partial charge is 0.379 e. The molecule has 1 amide bonds. The van der Waals surface area contributed by atoms with Gasteiger partial charge in [-0.3, -0.25) is 14.6 Å². The van der Waals surface area contributed by atoms with Gasteiger partial charge in [0.25, 0.3) is 5.91 Å². The lowest BCUT2D eigenvalue weighted by Gasteiger charge is -2.41. The van der Waals surface area contributed by atoms with Crippen molar-refractivity contribution >= 4 is 41.5 Å². The summed E-state index contributed by atoms with van der Waals surface area (Å²) in [5.74, 6) is -0.843. The first-order chi connectivity index (χ1) is 20.5. The van der Waals surface area contributed by atoms with Crippen LogP contribution in [-0.2, 0) is 23.5 Å². The van der Waals surface area contributed by atoms with E-state index in [0.29, 0.717) is 51.4 Å². The molecule has 5 nitrogen and oxygen atoms in total. The number of amides is 1. The molecule has 0 N–H and O–H groups in total. The van der Waals surface area contributed by atoms with Crippen LogP contribution in [0, 0.1) is 0 Å². The number of carbonyl (C=O) groups excluding carboxylic acids is 1. The van der Waals surface area contributed by atoms with Gasteiger partial charge in [-0.2, -0.15) is 26.3 Å². The zero-order valence-corrected chi connectivity index (χ0v) is 26.0. The molecular formula is C32H35Cl2F6N3O2. The molecule has 2 fully saturated rings. The van der Waals surface area contributed by atoms with E-state index < -0.39 is 41.0 Å². The maximum Gasteiger partial charge on any atom is 0.416 e. The molecule has 0 aromatic heterocycles. The number of carbonyl (C=O) groups is 1. The Bertz CT molecular complexity index is 1430. The van der Waals surface area contributed by atoms with Crippen LogP contribution in [0.5, 0.6) is 0 Å². The van der Waals surface area contributed by atoms with Crippen LogP contribution in [-0.4, -0.2) is 85.7 Å². The van der Waals surface area contributed by atoms with E-state index in [1.807, 2.05) is 42.5 Å². The number of hydrogen-bond acceptors (Lipinski definition) is 4. The van der Waals surface area contributed by atoms with Gasteiger partial charge in [-0.05, 0) is 41.0 Å². The Morgan fingerprint density at radius 2 is 1.36 bits per heavy atom. The maximum atomic E-state index is 13.7. The Morgan fingerprint density at radius 3 is 1.98 bits per heavy atom. The average molecular weight is 679 g/mol. The lowest BCUT2D eigenvalue weighted by atomic mass is 9.97. The standard InChI is InChI=1S/C32H33F6N3O2.2ClH/c33-31(34,35)27-19-26(20-28(21-27)32(36,37)38)30(42)41-12-11-40(10-4-3-9-39-13-15-43-16-14-39)22-29(41)18-23-7-8-24-5-1-2-6-25(24)17-23;;/h1-8,17,19-21,29H,9-16,18,22H2;2*1H/b4-3+;;/t29-;;/m1../s1. The SMILES string of the molecule is Cl.Cl.O=C(c1cc(C(F)(F)F)cc(C(F)(F)F)c1)N1CCN(C/C=C/CN2CCOCC2)C[C@H]1Cc1ccc2ccccc2c1. The van der Waals surface area contributed by atoms with Gasteiger partial charge in [0, 0.05) is 57.4 Å². The van der Waals surface area contributed by atoms with Gasteiger partial charge in [-0.15, -0.1) is 24.8 Å². The number of hydrogen-bond donors (Lipinski definition) is 0. The van der Waals surface area contributed by atoms with Crippen molar-refractivity contribution in [3.63, 3.8) is 0 Å². The van der Waals surface area contributed by atoms with E-state index >= 15 is 0 Å². The first-order valence-corrected chi connectivity index (χ1v) is 14.2. The third kappa shape index (κ3) is 9.59. The van der Waals surface area contributed by atoms with Crippen LogP contribution < -0.4 is 0 Å². The van der Waals surface area contributed by atoms with E-state index in [1.54, 1.807) is 0 Å². The normalized spacial score (nSPS) is 18.5. The molecule has 246 valence electrons. The monoisotopic (exact) mass is 677 g/mol. The largest absolute Gasteiger partial charge is 0.416 e. The van der Waals surface area contributed by atoms with E-state index in [4.69, 9.17) is 4.74 Å². The number of ether oxygens (including phenoxy) is 1. The van der Waals surface area contributed by atoms with Crippen molar-refractivity contribution in [2.24, 2.45) is 0 Å². The van der Waals surface area contributed by atoms with Gasteiger partial charge in [0.15, 0.2) is 0 Å². The fraction of sp³-hybridized carbons (Fsp3) is 0.406. The van der Waals surface area contributed by atoms with Crippen LogP contribution >= 0.6 is 24.8 Å². The van der Waals surface area contributed by atoms with Crippen LogP contribution in [0.15, 0.2) is 72.8 Å². The molecule has 2 aliphatic heterocycles. The van der Waals surface area contributed by atoms with Crippen LogP contribution in [0.25, 0.3) is 10.8 Å². The van der Waals surface area contributed by atoms with Crippen molar-refractivity contribution in [2.75, 3.05) is 59.0 Å². The molecule has 13 heteroatoms. The van der Waals surface area contributed by atoms with Gasteiger partial charge in [-0.1, -0.05) is 54.6 Å². The minimum Gasteiger partial charge on any atom is -0.379 e. The van der Waals surface area contributed by atoms with Gasteiger partial charge in [0.05, 0.1) is 24.3 Å². The van der Waals surface area contributed by atoms with E-state index in [-0.39, 0.29) is 37.4 Å². The minimum absolute atomic E-state index is 0. The molecule has 2 saturated heterocycles. The zero-order chi connectivity index (χ0) is 30.6. The van der Waals surface area contributed by atoms with Gasteiger partial charge in [-0.25, -0.2) is 0 Å². The molecule has 2 aliphatic rings. The highest BCUT2D eigenvalue weighted by molar-refractivity contribution is 5.95. The first-order valence-electron chi connectivity index (χ1n) is 14.2. The van der Waals surface area contributed by atoms with Crippen molar-refractivity contribution in [2.45, 2.75) is 24.8 Å². The van der Waals surface area contributed by atoms with Gasteiger partial charge in [0.1, 0.15) is 0 Å². The van der Waals surface area contributed by atoms with Crippen LogP contribution in [0.1, 0.15) is 27.0 Å². The molecule has 0 spiro atoms. The number of nitrogens with zero attached hydrogens (tertiary/aromatic N) is 3. The van der Waals surface area contributed by atoms with Gasteiger partial charge < -0.3 is 9.64 Å². The Labute approximate surface area is 270 Å². The second-order valence-electron chi connectivity index (χ2n) is 11.0. The third-order valence-corrected chi connectivity index (χ3v) is 7.95. The highest BCUT2D eigenvalue weighted by atomic mass is 35.5. The summed E-state index contributed by atoms with van der Waals surface area (Å²) in [7, 11) is 0. The van der Waals surface area contributed by atoms with Gasteiger partial charge >= 0.3 is 12.4 Å². The van der Waals surface area contributed by atoms with E-state index in [1.165, 1.54) is 4.90 Å². The highest BCUT2D eigenvalue weighted by Gasteiger charge is 2.39. The number of morpholine rings is 1. The third-order valence-electron chi connectivity index (χ3n) is 7.95. The summed E-state index contributed by atoms with van der Waals surface area (Å²) in [5.41, 5.74) is -2.70. The minimum atomic E-state index is -5.03.